The van der Waals surface area contributed by atoms with Crippen molar-refractivity contribution in [2.45, 2.75) is 6.92 Å². The van der Waals surface area contributed by atoms with Crippen LogP contribution in [0.1, 0.15) is 6.92 Å². The molecule has 4 rings (SSSR count). The van der Waals surface area contributed by atoms with E-state index in [2.05, 4.69) is 21.1 Å². The molecule has 0 spiro atoms. The van der Waals surface area contributed by atoms with Crippen LogP contribution in [0.15, 0.2) is 73.7 Å². The number of rotatable bonds is 3. The predicted molar refractivity (Wildman–Crippen MR) is 99.4 cm³/mol. The van der Waals surface area contributed by atoms with Crippen LogP contribution in [0.25, 0.3) is 39.1 Å². The molecule has 25 heavy (non-hydrogen) atoms. The molecule has 3 aromatic heterocycles. The van der Waals surface area contributed by atoms with Crippen LogP contribution in [-0.2, 0) is 0 Å². The quantitative estimate of drug-likeness (QED) is 0.504. The van der Waals surface area contributed by atoms with Crippen LogP contribution < -0.4 is 0 Å². The van der Waals surface area contributed by atoms with Gasteiger partial charge in [0.1, 0.15) is 5.82 Å². The zero-order valence-electron chi connectivity index (χ0n) is 13.8. The van der Waals surface area contributed by atoms with Gasteiger partial charge in [-0.25, -0.2) is 4.39 Å². The lowest BCUT2D eigenvalue weighted by atomic mass is 10.0. The number of pyridine rings is 2. The Morgan fingerprint density at radius 3 is 2.36 bits per heavy atom. The van der Waals surface area contributed by atoms with Crippen LogP contribution in [0.5, 0.6) is 0 Å². The zero-order valence-corrected chi connectivity index (χ0v) is 13.8. The lowest BCUT2D eigenvalue weighted by Gasteiger charge is -2.12. The van der Waals surface area contributed by atoms with Crippen molar-refractivity contribution in [3.63, 3.8) is 0 Å². The molecule has 0 bridgehead atoms. The molecule has 0 saturated heterocycles. The van der Waals surface area contributed by atoms with Gasteiger partial charge in [-0.2, -0.15) is 0 Å². The third-order valence-electron chi connectivity index (χ3n) is 4.19. The Kier molecular flexibility index (Phi) is 3.65. The Morgan fingerprint density at radius 1 is 0.960 bits per heavy atom. The van der Waals surface area contributed by atoms with E-state index < -0.39 is 0 Å². The summed E-state index contributed by atoms with van der Waals surface area (Å²) in [5, 5.41) is 0. The normalized spacial score (nSPS) is 11.0. The Hall–Kier alpha value is -3.27. The fourth-order valence-corrected chi connectivity index (χ4v) is 3.18. The van der Waals surface area contributed by atoms with Gasteiger partial charge in [-0.15, -0.1) is 0 Å². The molecule has 0 aliphatic heterocycles. The Labute approximate surface area is 145 Å². The van der Waals surface area contributed by atoms with Crippen molar-refractivity contribution in [2.75, 3.05) is 0 Å². The molecule has 1 aromatic carbocycles. The maximum Gasteiger partial charge on any atom is 0.123 e. The minimum Gasteiger partial charge on any atom is -0.312 e. The van der Waals surface area contributed by atoms with Crippen molar-refractivity contribution in [3.05, 3.63) is 79.5 Å². The van der Waals surface area contributed by atoms with E-state index in [1.165, 1.54) is 12.1 Å². The molecule has 0 radical (unpaired) electrons. The zero-order chi connectivity index (χ0) is 17.4. The second-order valence-electron chi connectivity index (χ2n) is 5.91. The van der Waals surface area contributed by atoms with Crippen LogP contribution in [0.3, 0.4) is 0 Å². The molecule has 4 heteroatoms. The largest absolute Gasteiger partial charge is 0.312 e. The van der Waals surface area contributed by atoms with Gasteiger partial charge in [0.15, 0.2) is 0 Å². The number of benzene rings is 1. The van der Waals surface area contributed by atoms with E-state index in [0.717, 1.165) is 39.1 Å². The van der Waals surface area contributed by atoms with E-state index in [0.29, 0.717) is 0 Å². The van der Waals surface area contributed by atoms with Crippen molar-refractivity contribution in [2.24, 2.45) is 0 Å². The molecule has 0 atom stereocenters. The summed E-state index contributed by atoms with van der Waals surface area (Å²) in [5.41, 5.74) is 6.59. The standard InChI is InChI=1S/C21H16FN3/c1-14(2)25-18-4-3-11-24-20(18)19(15-5-7-17(22)8-6-15)21(25)16-9-12-23-13-10-16/h3-13H,1H2,2H3. The molecule has 0 saturated carbocycles. The first kappa shape index (κ1) is 15.3. The van der Waals surface area contributed by atoms with E-state index >= 15 is 0 Å². The number of halogens is 1. The molecule has 122 valence electrons. The maximum absolute atomic E-state index is 13.4. The van der Waals surface area contributed by atoms with Gasteiger partial charge in [0.2, 0.25) is 0 Å². The number of hydrogen-bond acceptors (Lipinski definition) is 2. The summed E-state index contributed by atoms with van der Waals surface area (Å²) in [6, 6.07) is 14.4. The van der Waals surface area contributed by atoms with Gasteiger partial charge in [0.05, 0.1) is 16.7 Å². The number of fused-ring (bicyclic) bond motifs is 1. The lowest BCUT2D eigenvalue weighted by Crippen LogP contribution is -1.96. The van der Waals surface area contributed by atoms with Crippen LogP contribution in [-0.4, -0.2) is 14.5 Å². The summed E-state index contributed by atoms with van der Waals surface area (Å²) in [4.78, 5) is 8.71. The first-order chi connectivity index (χ1) is 12.2. The molecular weight excluding hydrogens is 313 g/mol. The number of hydrogen-bond donors (Lipinski definition) is 0. The smallest absolute Gasteiger partial charge is 0.123 e. The molecule has 3 nitrogen and oxygen atoms in total. The van der Waals surface area contributed by atoms with Crippen LogP contribution >= 0.6 is 0 Å². The van der Waals surface area contributed by atoms with E-state index in [1.54, 1.807) is 30.7 Å². The molecule has 0 fully saturated rings. The topological polar surface area (TPSA) is 30.7 Å². The first-order valence-electron chi connectivity index (χ1n) is 7.98. The maximum atomic E-state index is 13.4. The summed E-state index contributed by atoms with van der Waals surface area (Å²) in [6.45, 7) is 6.11. The molecule has 4 aromatic rings. The minimum atomic E-state index is -0.259. The molecule has 0 amide bonds. The third-order valence-corrected chi connectivity index (χ3v) is 4.19. The van der Waals surface area contributed by atoms with Crippen LogP contribution in [0.4, 0.5) is 4.39 Å². The highest BCUT2D eigenvalue weighted by atomic mass is 19.1. The molecule has 0 N–H and O–H groups in total. The average Bonchev–Trinajstić information content (AvgIpc) is 2.98. The number of nitrogens with zero attached hydrogens (tertiary/aromatic N) is 3. The van der Waals surface area contributed by atoms with Gasteiger partial charge in [0, 0.05) is 35.4 Å². The third kappa shape index (κ3) is 2.52. The fraction of sp³-hybridized carbons (Fsp3) is 0.0476. The predicted octanol–water partition coefficient (Wildman–Crippen LogP) is 5.40. The highest BCUT2D eigenvalue weighted by Crippen LogP contribution is 2.41. The fourth-order valence-electron chi connectivity index (χ4n) is 3.18. The summed E-state index contributed by atoms with van der Waals surface area (Å²) in [6.07, 6.45) is 5.30. The Bertz CT molecular complexity index is 1060. The van der Waals surface area contributed by atoms with Gasteiger partial charge in [-0.05, 0) is 48.9 Å². The Morgan fingerprint density at radius 2 is 1.68 bits per heavy atom. The van der Waals surface area contributed by atoms with Gasteiger partial charge in [-0.1, -0.05) is 18.7 Å². The minimum absolute atomic E-state index is 0.259. The van der Waals surface area contributed by atoms with E-state index in [4.69, 9.17) is 0 Å². The van der Waals surface area contributed by atoms with Gasteiger partial charge < -0.3 is 4.57 Å². The van der Waals surface area contributed by atoms with Gasteiger partial charge in [0.25, 0.3) is 0 Å². The van der Waals surface area contributed by atoms with E-state index in [9.17, 15) is 4.39 Å². The molecule has 0 unspecified atom stereocenters. The van der Waals surface area contributed by atoms with Crippen molar-refractivity contribution >= 4 is 16.7 Å². The van der Waals surface area contributed by atoms with Gasteiger partial charge >= 0.3 is 0 Å². The van der Waals surface area contributed by atoms with Gasteiger partial charge in [-0.3, -0.25) is 9.97 Å². The first-order valence-corrected chi connectivity index (χ1v) is 7.98. The van der Waals surface area contributed by atoms with Crippen molar-refractivity contribution in [1.29, 1.82) is 0 Å². The highest BCUT2D eigenvalue weighted by Gasteiger charge is 2.21. The number of allylic oxidation sites excluding steroid dienone is 1. The Balaban J connectivity index is 2.16. The van der Waals surface area contributed by atoms with E-state index in [1.807, 2.05) is 31.2 Å². The summed E-state index contributed by atoms with van der Waals surface area (Å²) >= 11 is 0. The average molecular weight is 329 g/mol. The molecule has 0 aliphatic rings. The van der Waals surface area contributed by atoms with Crippen LogP contribution in [0.2, 0.25) is 0 Å². The monoisotopic (exact) mass is 329 g/mol. The molecule has 0 aliphatic carbocycles. The SMILES string of the molecule is C=C(C)n1c(-c2ccncc2)c(-c2ccc(F)cc2)c2ncccc21. The number of aromatic nitrogens is 3. The molecule has 3 heterocycles. The van der Waals surface area contributed by atoms with Crippen LogP contribution in [0, 0.1) is 5.82 Å². The summed E-state index contributed by atoms with van der Waals surface area (Å²) in [5.74, 6) is -0.259. The second kappa shape index (κ2) is 5.98. The molecular formula is C21H16FN3. The van der Waals surface area contributed by atoms with E-state index in [-0.39, 0.29) is 5.82 Å². The highest BCUT2D eigenvalue weighted by molar-refractivity contribution is 6.04. The lowest BCUT2D eigenvalue weighted by molar-refractivity contribution is 0.628. The van der Waals surface area contributed by atoms with Crippen molar-refractivity contribution in [3.8, 4) is 22.4 Å². The van der Waals surface area contributed by atoms with Crippen molar-refractivity contribution < 1.29 is 4.39 Å². The summed E-state index contributed by atoms with van der Waals surface area (Å²) in [7, 11) is 0. The van der Waals surface area contributed by atoms with Crippen molar-refractivity contribution in [1.82, 2.24) is 14.5 Å². The summed E-state index contributed by atoms with van der Waals surface area (Å²) < 4.78 is 15.5. The second-order valence-corrected chi connectivity index (χ2v) is 5.91.